The summed E-state index contributed by atoms with van der Waals surface area (Å²) in [4.78, 5) is 25.0. The van der Waals surface area contributed by atoms with Crippen LogP contribution in [0.4, 0.5) is 4.79 Å². The minimum atomic E-state index is -1.18. The van der Waals surface area contributed by atoms with E-state index >= 15 is 0 Å². The molecule has 26 heavy (non-hydrogen) atoms. The van der Waals surface area contributed by atoms with Crippen LogP contribution in [0.3, 0.4) is 0 Å². The minimum absolute atomic E-state index is 0.447. The van der Waals surface area contributed by atoms with Crippen molar-refractivity contribution in [3.63, 3.8) is 0 Å². The molecule has 7 nitrogen and oxygen atoms in total. The van der Waals surface area contributed by atoms with Crippen molar-refractivity contribution in [3.8, 4) is 11.5 Å². The summed E-state index contributed by atoms with van der Waals surface area (Å²) < 4.78 is 10.2. The van der Waals surface area contributed by atoms with Crippen LogP contribution in [0.1, 0.15) is 18.1 Å². The second kappa shape index (κ2) is 6.87. The van der Waals surface area contributed by atoms with E-state index < -0.39 is 17.5 Å². The number of amides is 3. The van der Waals surface area contributed by atoms with Crippen LogP contribution in [0.2, 0.25) is 0 Å². The molecule has 134 valence electrons. The highest BCUT2D eigenvalue weighted by molar-refractivity contribution is 6.07. The van der Waals surface area contributed by atoms with E-state index in [-0.39, 0.29) is 0 Å². The highest BCUT2D eigenvalue weighted by atomic mass is 16.5. The zero-order valence-electron chi connectivity index (χ0n) is 14.7. The van der Waals surface area contributed by atoms with Gasteiger partial charge in [0.25, 0.3) is 5.91 Å². The first-order valence-electron chi connectivity index (χ1n) is 7.97. The van der Waals surface area contributed by atoms with Crippen molar-refractivity contribution in [2.24, 2.45) is 5.10 Å². The van der Waals surface area contributed by atoms with E-state index in [2.05, 4.69) is 10.4 Å². The lowest BCUT2D eigenvalue weighted by molar-refractivity contribution is -0.131. The fourth-order valence-corrected chi connectivity index (χ4v) is 2.66. The van der Waals surface area contributed by atoms with Crippen molar-refractivity contribution >= 4 is 18.2 Å². The number of methoxy groups -OCH3 is 2. The van der Waals surface area contributed by atoms with Gasteiger partial charge in [-0.3, -0.25) is 4.79 Å². The number of nitrogens with zero attached hydrogens (tertiary/aromatic N) is 2. The molecule has 2 aromatic carbocycles. The maximum absolute atomic E-state index is 12.8. The van der Waals surface area contributed by atoms with Gasteiger partial charge in [-0.25, -0.2) is 4.79 Å². The predicted molar refractivity (Wildman–Crippen MR) is 96.3 cm³/mol. The summed E-state index contributed by atoms with van der Waals surface area (Å²) in [6.45, 7) is 1.65. The Kier molecular flexibility index (Phi) is 4.62. The van der Waals surface area contributed by atoms with Crippen LogP contribution in [-0.2, 0) is 10.3 Å². The first-order valence-corrected chi connectivity index (χ1v) is 7.97. The molecule has 0 bridgehead atoms. The van der Waals surface area contributed by atoms with E-state index in [1.54, 1.807) is 69.7 Å². The lowest BCUT2D eigenvalue weighted by Gasteiger charge is -2.21. The van der Waals surface area contributed by atoms with Gasteiger partial charge in [-0.15, -0.1) is 5.01 Å². The monoisotopic (exact) mass is 353 g/mol. The average molecular weight is 353 g/mol. The van der Waals surface area contributed by atoms with Gasteiger partial charge in [-0.2, -0.15) is 5.10 Å². The largest absolute Gasteiger partial charge is 0.497 e. The highest BCUT2D eigenvalue weighted by Gasteiger charge is 2.49. The SMILES string of the molecule is COc1ccc(/C=N\N2C(=O)N[C@](C)(c3ccc(OC)cc3)C2=O)cc1. The Morgan fingerprint density at radius 1 is 0.962 bits per heavy atom. The molecule has 1 aliphatic heterocycles. The predicted octanol–water partition coefficient (Wildman–Crippen LogP) is 2.50. The Balaban J connectivity index is 1.82. The maximum Gasteiger partial charge on any atom is 0.346 e. The number of carbonyl (C=O) groups excluding carboxylic acids is 2. The van der Waals surface area contributed by atoms with Gasteiger partial charge in [0, 0.05) is 0 Å². The van der Waals surface area contributed by atoms with Crippen LogP contribution in [0, 0.1) is 0 Å². The van der Waals surface area contributed by atoms with Gasteiger partial charge in [0.2, 0.25) is 0 Å². The number of hydrogen-bond acceptors (Lipinski definition) is 5. The van der Waals surface area contributed by atoms with Gasteiger partial charge in [-0.05, 0) is 54.4 Å². The molecule has 0 spiro atoms. The number of rotatable bonds is 5. The summed E-state index contributed by atoms with van der Waals surface area (Å²) in [7, 11) is 3.14. The van der Waals surface area contributed by atoms with Crippen molar-refractivity contribution in [2.45, 2.75) is 12.5 Å². The summed E-state index contributed by atoms with van der Waals surface area (Å²) >= 11 is 0. The molecule has 0 radical (unpaired) electrons. The Bertz CT molecular complexity index is 846. The van der Waals surface area contributed by atoms with Crippen LogP contribution in [-0.4, -0.2) is 37.4 Å². The van der Waals surface area contributed by atoms with Crippen molar-refractivity contribution in [1.29, 1.82) is 0 Å². The van der Waals surface area contributed by atoms with Crippen molar-refractivity contribution < 1.29 is 19.1 Å². The fraction of sp³-hybridized carbons (Fsp3) is 0.211. The van der Waals surface area contributed by atoms with Gasteiger partial charge in [0.05, 0.1) is 20.4 Å². The first-order chi connectivity index (χ1) is 12.5. The van der Waals surface area contributed by atoms with Gasteiger partial charge in [-0.1, -0.05) is 12.1 Å². The lowest BCUT2D eigenvalue weighted by atomic mass is 9.92. The van der Waals surface area contributed by atoms with Gasteiger partial charge in [0.15, 0.2) is 0 Å². The second-order valence-corrected chi connectivity index (χ2v) is 5.92. The zero-order valence-corrected chi connectivity index (χ0v) is 14.7. The third kappa shape index (κ3) is 3.11. The molecule has 3 rings (SSSR count). The third-order valence-electron chi connectivity index (χ3n) is 4.27. The maximum atomic E-state index is 12.8. The number of urea groups is 1. The quantitative estimate of drug-likeness (QED) is 0.662. The number of benzene rings is 2. The first kappa shape index (κ1) is 17.5. The van der Waals surface area contributed by atoms with E-state index in [1.807, 2.05) is 0 Å². The molecule has 0 aromatic heterocycles. The Labute approximate surface area is 151 Å². The second-order valence-electron chi connectivity index (χ2n) is 5.92. The topological polar surface area (TPSA) is 80.2 Å². The molecule has 7 heteroatoms. The number of nitrogens with one attached hydrogen (secondary N) is 1. The molecule has 1 heterocycles. The molecule has 1 fully saturated rings. The van der Waals surface area contributed by atoms with Gasteiger partial charge in [0.1, 0.15) is 17.0 Å². The summed E-state index contributed by atoms with van der Waals surface area (Å²) in [5.74, 6) is 0.935. The van der Waals surface area contributed by atoms with Crippen molar-refractivity contribution in [2.75, 3.05) is 14.2 Å². The number of carbonyl (C=O) groups is 2. The van der Waals surface area contributed by atoms with Crippen LogP contribution >= 0.6 is 0 Å². The van der Waals surface area contributed by atoms with Crippen molar-refractivity contribution in [1.82, 2.24) is 10.3 Å². The fourth-order valence-electron chi connectivity index (χ4n) is 2.66. The Morgan fingerprint density at radius 3 is 2.04 bits per heavy atom. The molecule has 0 aliphatic carbocycles. The van der Waals surface area contributed by atoms with Crippen LogP contribution in [0.5, 0.6) is 11.5 Å². The summed E-state index contributed by atoms with van der Waals surface area (Å²) in [5.41, 5.74) is 0.212. The molecule has 1 saturated heterocycles. The van der Waals surface area contributed by atoms with Gasteiger partial charge < -0.3 is 14.8 Å². The van der Waals surface area contributed by atoms with Crippen molar-refractivity contribution in [3.05, 3.63) is 59.7 Å². The molecule has 0 unspecified atom stereocenters. The standard InChI is InChI=1S/C19H19N3O4/c1-19(14-6-10-16(26-3)11-7-14)17(23)22(18(24)21-19)20-12-13-4-8-15(25-2)9-5-13/h4-12H,1-3H3,(H,21,24)/b20-12-/t19-/m1/s1. The number of ether oxygens (including phenoxy) is 2. The lowest BCUT2D eigenvalue weighted by Crippen LogP contribution is -2.40. The van der Waals surface area contributed by atoms with Gasteiger partial charge >= 0.3 is 6.03 Å². The molecule has 1 atom stereocenters. The highest BCUT2D eigenvalue weighted by Crippen LogP contribution is 2.30. The molecule has 1 N–H and O–H groups in total. The van der Waals surface area contributed by atoms with E-state index in [1.165, 1.54) is 6.21 Å². The van der Waals surface area contributed by atoms with E-state index in [9.17, 15) is 9.59 Å². The molecule has 1 aliphatic rings. The third-order valence-corrected chi connectivity index (χ3v) is 4.27. The average Bonchev–Trinajstić information content (AvgIpc) is 2.90. The Hall–Kier alpha value is -3.35. The van der Waals surface area contributed by atoms with Crippen LogP contribution in [0.25, 0.3) is 0 Å². The van der Waals surface area contributed by atoms with E-state index in [0.29, 0.717) is 17.1 Å². The summed E-state index contributed by atoms with van der Waals surface area (Å²) in [6, 6.07) is 13.5. The van der Waals surface area contributed by atoms with Crippen LogP contribution < -0.4 is 14.8 Å². The number of hydrazone groups is 1. The smallest absolute Gasteiger partial charge is 0.346 e. The van der Waals surface area contributed by atoms with E-state index in [4.69, 9.17) is 9.47 Å². The molecular formula is C19H19N3O4. The summed E-state index contributed by atoms with van der Waals surface area (Å²) in [6.07, 6.45) is 1.46. The summed E-state index contributed by atoms with van der Waals surface area (Å²) in [5, 5.41) is 7.59. The molecule has 0 saturated carbocycles. The molecule has 2 aromatic rings. The Morgan fingerprint density at radius 2 is 1.50 bits per heavy atom. The zero-order chi connectivity index (χ0) is 18.7. The van der Waals surface area contributed by atoms with Crippen LogP contribution in [0.15, 0.2) is 53.6 Å². The van der Waals surface area contributed by atoms with E-state index in [0.717, 1.165) is 10.6 Å². The number of imide groups is 1. The minimum Gasteiger partial charge on any atom is -0.497 e. The number of hydrogen-bond donors (Lipinski definition) is 1. The molecule has 3 amide bonds. The molecular weight excluding hydrogens is 334 g/mol. The normalized spacial score (nSPS) is 19.7.